The third kappa shape index (κ3) is 5.79. The molecule has 0 aliphatic rings. The molecule has 8 nitrogen and oxygen atoms in total. The van der Waals surface area contributed by atoms with Crippen molar-refractivity contribution < 1.29 is 4.79 Å². The van der Waals surface area contributed by atoms with Gasteiger partial charge < -0.3 is 16.0 Å². The third-order valence-electron chi connectivity index (χ3n) is 5.25. The normalized spacial score (nSPS) is 11.4. The van der Waals surface area contributed by atoms with E-state index in [1.165, 1.54) is 0 Å². The molecule has 2 aromatic heterocycles. The average Bonchev–Trinajstić information content (AvgIpc) is 2.91. The highest BCUT2D eigenvalue weighted by atomic mass is 16.2. The van der Waals surface area contributed by atoms with E-state index < -0.39 is 5.91 Å². The van der Waals surface area contributed by atoms with Crippen LogP contribution in [0.2, 0.25) is 0 Å². The Morgan fingerprint density at radius 3 is 2.56 bits per heavy atom. The second-order valence-corrected chi connectivity index (χ2v) is 7.65. The van der Waals surface area contributed by atoms with Gasteiger partial charge in [-0.2, -0.15) is 5.26 Å². The second-order valence-electron chi connectivity index (χ2n) is 7.65. The van der Waals surface area contributed by atoms with E-state index in [4.69, 9.17) is 0 Å². The van der Waals surface area contributed by atoms with E-state index in [2.05, 4.69) is 43.7 Å². The van der Waals surface area contributed by atoms with Crippen LogP contribution in [-0.2, 0) is 4.79 Å². The van der Waals surface area contributed by atoms with E-state index in [1.807, 2.05) is 49.4 Å². The third-order valence-corrected chi connectivity index (χ3v) is 5.25. The highest BCUT2D eigenvalue weighted by Gasteiger charge is 2.11. The molecule has 3 N–H and O–H groups in total. The number of anilines is 4. The average molecular weight is 474 g/mol. The summed E-state index contributed by atoms with van der Waals surface area (Å²) in [5.74, 6) is -0.404. The van der Waals surface area contributed by atoms with Gasteiger partial charge in [-0.05, 0) is 74.3 Å². The zero-order valence-electron chi connectivity index (χ0n) is 19.6. The van der Waals surface area contributed by atoms with Gasteiger partial charge in [0, 0.05) is 52.4 Å². The fraction of sp³-hybridized carbons (Fsp3) is 0.0357. The fourth-order valence-electron chi connectivity index (χ4n) is 3.47. The minimum atomic E-state index is -0.404. The Morgan fingerprint density at radius 1 is 1.00 bits per heavy atom. The van der Waals surface area contributed by atoms with Crippen molar-refractivity contribution in [2.75, 3.05) is 16.0 Å². The molecule has 0 saturated heterocycles. The number of fused-ring (bicyclic) bond motifs is 1. The predicted molar refractivity (Wildman–Crippen MR) is 144 cm³/mol. The summed E-state index contributed by atoms with van der Waals surface area (Å²) in [6.07, 6.45) is 8.51. The number of hydrogen-bond donors (Lipinski definition) is 3. The molecule has 0 spiro atoms. The summed E-state index contributed by atoms with van der Waals surface area (Å²) in [7, 11) is 0. The lowest BCUT2D eigenvalue weighted by Crippen LogP contribution is -2.14. The van der Waals surface area contributed by atoms with Crippen LogP contribution in [0, 0.1) is 11.3 Å². The molecule has 4 rings (SSSR count). The summed E-state index contributed by atoms with van der Waals surface area (Å²) in [5, 5.41) is 19.5. The van der Waals surface area contributed by atoms with E-state index >= 15 is 0 Å². The summed E-state index contributed by atoms with van der Waals surface area (Å²) in [6, 6.07) is 20.3. The highest BCUT2D eigenvalue weighted by molar-refractivity contribution is 6.04. The highest BCUT2D eigenvalue weighted by Crippen LogP contribution is 2.25. The SMILES string of the molecule is C=N/C(=C\C(=C/C)Nc1ccnc2ccc(C#N)cc12)C(=O)Nc1cccc(Nc2ccncc2)c1. The molecule has 0 atom stereocenters. The Bertz CT molecular complexity index is 1520. The molecule has 0 radical (unpaired) electrons. The van der Waals surface area contributed by atoms with E-state index in [0.717, 1.165) is 28.0 Å². The minimum absolute atomic E-state index is 0.138. The lowest BCUT2D eigenvalue weighted by molar-refractivity contribution is -0.112. The number of pyridine rings is 2. The number of carbonyl (C=O) groups is 1. The molecule has 8 heteroatoms. The molecule has 0 bridgehead atoms. The van der Waals surface area contributed by atoms with Gasteiger partial charge >= 0.3 is 0 Å². The standard InChI is InChI=1S/C28H23N7O/c1-3-20(34-26-11-14-32-25-8-7-19(18-29)15-24(25)26)17-27(30-2)28(36)35-23-6-4-5-22(16-23)33-21-9-12-31-13-10-21/h3-17H,2H2,1H3,(H,31,33)(H,32,34)(H,35,36)/b20-3+,27-17-. The van der Waals surface area contributed by atoms with Gasteiger partial charge in [-0.1, -0.05) is 12.1 Å². The number of nitriles is 1. The Labute approximate surface area is 208 Å². The fourth-order valence-corrected chi connectivity index (χ4v) is 3.47. The van der Waals surface area contributed by atoms with Crippen molar-refractivity contribution in [2.45, 2.75) is 6.92 Å². The molecule has 1 amide bonds. The van der Waals surface area contributed by atoms with Crippen LogP contribution in [0.4, 0.5) is 22.7 Å². The van der Waals surface area contributed by atoms with Crippen molar-refractivity contribution in [1.29, 1.82) is 5.26 Å². The maximum atomic E-state index is 13.0. The van der Waals surface area contributed by atoms with Crippen LogP contribution in [0.1, 0.15) is 12.5 Å². The Morgan fingerprint density at radius 2 is 1.81 bits per heavy atom. The molecule has 0 aliphatic carbocycles. The molecule has 2 aromatic carbocycles. The van der Waals surface area contributed by atoms with Crippen molar-refractivity contribution in [1.82, 2.24) is 9.97 Å². The Hall–Kier alpha value is -5.29. The van der Waals surface area contributed by atoms with Crippen molar-refractivity contribution in [3.8, 4) is 6.07 Å². The summed E-state index contributed by atoms with van der Waals surface area (Å²) in [6.45, 7) is 5.41. The number of aliphatic imine (C=N–C) groups is 1. The second kappa shape index (κ2) is 11.2. The number of carbonyl (C=O) groups excluding carboxylic acids is 1. The Balaban J connectivity index is 1.52. The van der Waals surface area contributed by atoms with Gasteiger partial charge in [0.05, 0.1) is 17.1 Å². The summed E-state index contributed by atoms with van der Waals surface area (Å²) in [4.78, 5) is 25.3. The number of aromatic nitrogens is 2. The molecule has 176 valence electrons. The van der Waals surface area contributed by atoms with Crippen molar-refractivity contribution in [3.05, 3.63) is 108 Å². The molecular weight excluding hydrogens is 450 g/mol. The van der Waals surface area contributed by atoms with Gasteiger partial charge in [-0.3, -0.25) is 19.8 Å². The first-order valence-corrected chi connectivity index (χ1v) is 11.1. The lowest BCUT2D eigenvalue weighted by Gasteiger charge is -2.12. The van der Waals surface area contributed by atoms with Crippen LogP contribution >= 0.6 is 0 Å². The van der Waals surface area contributed by atoms with Gasteiger partial charge in [0.25, 0.3) is 5.91 Å². The number of allylic oxidation sites excluding steroid dienone is 2. The largest absolute Gasteiger partial charge is 0.355 e. The number of benzene rings is 2. The molecule has 4 aromatic rings. The van der Waals surface area contributed by atoms with Crippen LogP contribution in [0.15, 0.2) is 108 Å². The summed E-state index contributed by atoms with van der Waals surface area (Å²) < 4.78 is 0. The van der Waals surface area contributed by atoms with Gasteiger partial charge in [0.2, 0.25) is 0 Å². The molecule has 0 saturated carbocycles. The first kappa shape index (κ1) is 23.9. The van der Waals surface area contributed by atoms with Crippen molar-refractivity contribution in [2.24, 2.45) is 4.99 Å². The summed E-state index contributed by atoms with van der Waals surface area (Å²) >= 11 is 0. The van der Waals surface area contributed by atoms with Crippen LogP contribution < -0.4 is 16.0 Å². The smallest absolute Gasteiger partial charge is 0.274 e. The molecule has 0 unspecified atom stereocenters. The first-order valence-electron chi connectivity index (χ1n) is 11.1. The van der Waals surface area contributed by atoms with E-state index in [-0.39, 0.29) is 5.70 Å². The van der Waals surface area contributed by atoms with Crippen LogP contribution in [-0.4, -0.2) is 22.6 Å². The predicted octanol–water partition coefficient (Wildman–Crippen LogP) is 5.78. The lowest BCUT2D eigenvalue weighted by atomic mass is 10.1. The minimum Gasteiger partial charge on any atom is -0.355 e. The Kier molecular flexibility index (Phi) is 7.44. The molecule has 2 heterocycles. The maximum Gasteiger partial charge on any atom is 0.274 e. The topological polar surface area (TPSA) is 115 Å². The molecule has 36 heavy (non-hydrogen) atoms. The van der Waals surface area contributed by atoms with Gasteiger partial charge in [0.1, 0.15) is 5.70 Å². The number of hydrogen-bond acceptors (Lipinski definition) is 7. The van der Waals surface area contributed by atoms with Gasteiger partial charge in [-0.15, -0.1) is 0 Å². The summed E-state index contributed by atoms with van der Waals surface area (Å²) in [5.41, 5.74) is 5.11. The zero-order chi connectivity index (χ0) is 25.3. The van der Waals surface area contributed by atoms with E-state index in [9.17, 15) is 10.1 Å². The molecular formula is C28H23N7O. The van der Waals surface area contributed by atoms with E-state index in [1.54, 1.807) is 48.9 Å². The number of nitrogens with one attached hydrogen (secondary N) is 3. The van der Waals surface area contributed by atoms with Crippen molar-refractivity contribution >= 4 is 46.3 Å². The number of rotatable bonds is 8. The quantitative estimate of drug-likeness (QED) is 0.170. The maximum absolute atomic E-state index is 13.0. The van der Waals surface area contributed by atoms with Crippen molar-refractivity contribution in [3.63, 3.8) is 0 Å². The van der Waals surface area contributed by atoms with E-state index in [0.29, 0.717) is 16.9 Å². The monoisotopic (exact) mass is 473 g/mol. The molecule has 0 aliphatic heterocycles. The number of amides is 1. The first-order chi connectivity index (χ1) is 17.6. The number of nitrogens with zero attached hydrogens (tertiary/aromatic N) is 4. The van der Waals surface area contributed by atoms with Gasteiger partial charge in [-0.25, -0.2) is 0 Å². The molecule has 0 fully saturated rings. The zero-order valence-corrected chi connectivity index (χ0v) is 19.6. The van der Waals surface area contributed by atoms with Crippen LogP contribution in [0.5, 0.6) is 0 Å². The van der Waals surface area contributed by atoms with Crippen LogP contribution in [0.3, 0.4) is 0 Å². The van der Waals surface area contributed by atoms with Gasteiger partial charge in [0.15, 0.2) is 0 Å². The van der Waals surface area contributed by atoms with Crippen LogP contribution in [0.25, 0.3) is 10.9 Å².